The number of aliphatic hydroxyl groups is 1. The van der Waals surface area contributed by atoms with Crippen molar-refractivity contribution in [3.63, 3.8) is 0 Å². The molecule has 0 aliphatic carbocycles. The fourth-order valence-electron chi connectivity index (χ4n) is 12.4. The molecule has 0 aliphatic rings. The van der Waals surface area contributed by atoms with Gasteiger partial charge < -0.3 is 33.8 Å². The van der Waals surface area contributed by atoms with E-state index < -0.39 is 97.5 Å². The van der Waals surface area contributed by atoms with Gasteiger partial charge in [0.05, 0.1) is 26.4 Å². The van der Waals surface area contributed by atoms with Gasteiger partial charge in [-0.15, -0.1) is 0 Å². The van der Waals surface area contributed by atoms with E-state index in [1.165, 1.54) is 231 Å². The lowest BCUT2D eigenvalue weighted by atomic mass is 9.99. The number of rotatable bonds is 79. The molecule has 0 aromatic carbocycles. The van der Waals surface area contributed by atoms with E-state index in [9.17, 15) is 43.2 Å². The maximum Gasteiger partial charge on any atom is 0.472 e. The van der Waals surface area contributed by atoms with E-state index in [0.717, 1.165) is 108 Å². The summed E-state index contributed by atoms with van der Waals surface area (Å²) in [5, 5.41) is 10.6. The molecule has 0 heterocycles. The van der Waals surface area contributed by atoms with E-state index in [2.05, 4.69) is 48.5 Å². The Kier molecular flexibility index (Phi) is 69.9. The Morgan fingerprint density at radius 2 is 0.510 bits per heavy atom. The van der Waals surface area contributed by atoms with Gasteiger partial charge >= 0.3 is 39.5 Å². The summed E-state index contributed by atoms with van der Waals surface area (Å²) in [4.78, 5) is 73.0. The minimum absolute atomic E-state index is 0.107. The number of phosphoric acid groups is 2. The number of hydrogen-bond donors (Lipinski definition) is 3. The van der Waals surface area contributed by atoms with Crippen LogP contribution in [0.5, 0.6) is 0 Å². The van der Waals surface area contributed by atoms with Gasteiger partial charge in [-0.2, -0.15) is 0 Å². The van der Waals surface area contributed by atoms with Gasteiger partial charge in [0.15, 0.2) is 12.2 Å². The number of carbonyl (C=O) groups is 4. The predicted molar refractivity (Wildman–Crippen MR) is 409 cm³/mol. The van der Waals surface area contributed by atoms with Gasteiger partial charge in [0.1, 0.15) is 19.3 Å². The summed E-state index contributed by atoms with van der Waals surface area (Å²) in [5.41, 5.74) is 0. The van der Waals surface area contributed by atoms with Crippen molar-refractivity contribution in [3.05, 3.63) is 0 Å². The first-order valence-electron chi connectivity index (χ1n) is 41.9. The lowest BCUT2D eigenvalue weighted by molar-refractivity contribution is -0.161. The molecule has 0 amide bonds. The zero-order valence-corrected chi connectivity index (χ0v) is 67.5. The van der Waals surface area contributed by atoms with Crippen LogP contribution in [0.25, 0.3) is 0 Å². The number of aliphatic hydroxyl groups excluding tert-OH is 1. The second-order valence-corrected chi connectivity index (χ2v) is 33.0. The van der Waals surface area contributed by atoms with Crippen LogP contribution in [-0.2, 0) is 65.4 Å². The first kappa shape index (κ1) is 98.1. The first-order chi connectivity index (χ1) is 48.3. The van der Waals surface area contributed by atoms with Gasteiger partial charge in [0, 0.05) is 25.7 Å². The highest BCUT2D eigenvalue weighted by molar-refractivity contribution is 7.47. The molecule has 19 heteroatoms. The standard InChI is InChI=1S/C81H158O17P2/c1-8-11-12-13-14-31-41-48-55-62-78(83)91-68-76(97-81(86)65-58-51-44-37-30-24-23-25-32-38-45-52-59-72(4)5)70-95-99(87,88)93-66-75(82)67-94-100(89,90)96-71-77(98-80(85)64-57-50-43-36-29-22-18-16-20-27-34-40-47-54-61-74(7)10-3)69-92-79(84)63-56-49-42-35-28-21-17-15-19-26-33-39-46-53-60-73(6)9-2/h72-77,82H,8-71H2,1-7H3,(H,87,88)(H,89,90)/t73?,74?,75-,76+,77+/m0/s1. The van der Waals surface area contributed by atoms with Crippen LogP contribution < -0.4 is 0 Å². The minimum Gasteiger partial charge on any atom is -0.462 e. The molecule has 0 aromatic heterocycles. The van der Waals surface area contributed by atoms with Crippen molar-refractivity contribution in [2.24, 2.45) is 17.8 Å². The van der Waals surface area contributed by atoms with Crippen molar-refractivity contribution in [2.45, 2.75) is 439 Å². The van der Waals surface area contributed by atoms with E-state index in [0.29, 0.717) is 25.7 Å². The Morgan fingerprint density at radius 1 is 0.290 bits per heavy atom. The normalized spacial score (nSPS) is 14.5. The zero-order valence-electron chi connectivity index (χ0n) is 65.7. The second kappa shape index (κ2) is 71.3. The molecule has 0 rings (SSSR count). The van der Waals surface area contributed by atoms with Crippen molar-refractivity contribution in [1.29, 1.82) is 0 Å². The number of unbranched alkanes of at least 4 members (excludes halogenated alkanes) is 45. The Balaban J connectivity index is 5.23. The zero-order chi connectivity index (χ0) is 73.7. The van der Waals surface area contributed by atoms with Crippen molar-refractivity contribution in [2.75, 3.05) is 39.6 Å². The van der Waals surface area contributed by atoms with Crippen LogP contribution in [0, 0.1) is 17.8 Å². The SMILES string of the molecule is CCCCCCCCCCCC(=O)OC[C@H](COP(=O)(O)OC[C@H](O)COP(=O)(O)OC[C@@H](COC(=O)CCCCCCCCCCCCCCCCC(C)CC)OC(=O)CCCCCCCCCCCCCCCCC(C)CC)OC(=O)CCCCCCCCCCCCCCC(C)C. The predicted octanol–water partition coefficient (Wildman–Crippen LogP) is 24.1. The summed E-state index contributed by atoms with van der Waals surface area (Å²) >= 11 is 0. The Labute approximate surface area is 613 Å². The van der Waals surface area contributed by atoms with Crippen LogP contribution >= 0.6 is 15.6 Å². The average molecular weight is 1470 g/mol. The number of phosphoric ester groups is 2. The van der Waals surface area contributed by atoms with E-state index in [-0.39, 0.29) is 25.7 Å². The maximum absolute atomic E-state index is 13.1. The molecule has 17 nitrogen and oxygen atoms in total. The molecule has 100 heavy (non-hydrogen) atoms. The van der Waals surface area contributed by atoms with Crippen LogP contribution in [0.15, 0.2) is 0 Å². The molecule has 3 N–H and O–H groups in total. The highest BCUT2D eigenvalue weighted by Gasteiger charge is 2.30. The number of ether oxygens (including phenoxy) is 4. The number of hydrogen-bond acceptors (Lipinski definition) is 15. The van der Waals surface area contributed by atoms with Gasteiger partial charge in [0.25, 0.3) is 0 Å². The quantitative estimate of drug-likeness (QED) is 0.0222. The third-order valence-electron chi connectivity index (χ3n) is 19.6. The van der Waals surface area contributed by atoms with Gasteiger partial charge in [-0.1, -0.05) is 370 Å². The number of carbonyl (C=O) groups excluding carboxylic acids is 4. The van der Waals surface area contributed by atoms with E-state index in [4.69, 9.17) is 37.0 Å². The molecule has 0 fully saturated rings. The molecule has 7 atom stereocenters. The Bertz CT molecular complexity index is 1940. The van der Waals surface area contributed by atoms with E-state index in [1.807, 2.05) is 0 Å². The van der Waals surface area contributed by atoms with Crippen LogP contribution in [-0.4, -0.2) is 96.7 Å². The molecule has 0 aromatic rings. The smallest absolute Gasteiger partial charge is 0.462 e. The first-order valence-corrected chi connectivity index (χ1v) is 44.9. The van der Waals surface area contributed by atoms with Crippen LogP contribution in [0.3, 0.4) is 0 Å². The lowest BCUT2D eigenvalue weighted by Crippen LogP contribution is -2.30. The topological polar surface area (TPSA) is 237 Å². The third kappa shape index (κ3) is 71.7. The highest BCUT2D eigenvalue weighted by Crippen LogP contribution is 2.45. The Morgan fingerprint density at radius 3 is 0.760 bits per heavy atom. The van der Waals surface area contributed by atoms with Gasteiger partial charge in [-0.05, 0) is 43.4 Å². The molecule has 4 unspecified atom stereocenters. The lowest BCUT2D eigenvalue weighted by Gasteiger charge is -2.21. The molecule has 0 aliphatic heterocycles. The van der Waals surface area contributed by atoms with Gasteiger partial charge in [-0.25, -0.2) is 9.13 Å². The van der Waals surface area contributed by atoms with Gasteiger partial charge in [-0.3, -0.25) is 37.3 Å². The molecular formula is C81H158O17P2. The molecule has 0 spiro atoms. The fraction of sp³-hybridized carbons (Fsp3) is 0.951. The van der Waals surface area contributed by atoms with Gasteiger partial charge in [0.2, 0.25) is 0 Å². The summed E-state index contributed by atoms with van der Waals surface area (Å²) in [5.74, 6) is 0.362. The van der Waals surface area contributed by atoms with Crippen LogP contribution in [0.1, 0.15) is 421 Å². The summed E-state index contributed by atoms with van der Waals surface area (Å²) in [6.45, 7) is 12.0. The van der Waals surface area contributed by atoms with Crippen molar-refractivity contribution >= 4 is 39.5 Å². The van der Waals surface area contributed by atoms with Crippen molar-refractivity contribution in [1.82, 2.24) is 0 Å². The summed E-state index contributed by atoms with van der Waals surface area (Å²) in [6.07, 6.45) is 59.5. The largest absolute Gasteiger partial charge is 0.472 e. The third-order valence-corrected chi connectivity index (χ3v) is 21.5. The molecule has 594 valence electrons. The second-order valence-electron chi connectivity index (χ2n) is 30.1. The maximum atomic E-state index is 13.1. The minimum atomic E-state index is -4.96. The molecule has 0 saturated carbocycles. The monoisotopic (exact) mass is 1470 g/mol. The summed E-state index contributed by atoms with van der Waals surface area (Å²) in [6, 6.07) is 0. The summed E-state index contributed by atoms with van der Waals surface area (Å²) < 4.78 is 68.7. The van der Waals surface area contributed by atoms with Crippen molar-refractivity contribution in [3.8, 4) is 0 Å². The molecule has 0 radical (unpaired) electrons. The summed E-state index contributed by atoms with van der Waals surface area (Å²) in [7, 11) is -9.92. The van der Waals surface area contributed by atoms with E-state index >= 15 is 0 Å². The fourth-order valence-corrected chi connectivity index (χ4v) is 14.0. The highest BCUT2D eigenvalue weighted by atomic mass is 31.2. The Hall–Kier alpha value is -1.94. The molecule has 0 saturated heterocycles. The van der Waals surface area contributed by atoms with Crippen molar-refractivity contribution < 1.29 is 80.2 Å². The van der Waals surface area contributed by atoms with E-state index in [1.54, 1.807) is 0 Å². The van der Waals surface area contributed by atoms with Crippen LogP contribution in [0.4, 0.5) is 0 Å². The molecule has 0 bridgehead atoms. The number of esters is 4. The average Bonchev–Trinajstić information content (AvgIpc) is 0.915. The van der Waals surface area contributed by atoms with Crippen LogP contribution in [0.2, 0.25) is 0 Å². The molecular weight excluding hydrogens is 1310 g/mol.